The molecule has 8 nitrogen and oxygen atoms in total. The van der Waals surface area contributed by atoms with Crippen LogP contribution < -0.4 is 22.1 Å². The fourth-order valence-corrected chi connectivity index (χ4v) is 2.92. The average Bonchev–Trinajstić information content (AvgIpc) is 2.64. The Hall–Kier alpha value is -1.81. The highest BCUT2D eigenvalue weighted by molar-refractivity contribution is 7.90. The van der Waals surface area contributed by atoms with Crippen molar-refractivity contribution in [2.45, 2.75) is 0 Å². The molecule has 1 aromatic heterocycles. The van der Waals surface area contributed by atoms with Crippen molar-refractivity contribution < 1.29 is 18.0 Å². The maximum absolute atomic E-state index is 11.8. The fourth-order valence-electron chi connectivity index (χ4n) is 1.45. The summed E-state index contributed by atoms with van der Waals surface area (Å²) in [7, 11) is -1.71. The van der Waals surface area contributed by atoms with Gasteiger partial charge in [-0.3, -0.25) is 9.59 Å². The molecule has 0 radical (unpaired) electrons. The first-order valence-corrected chi connectivity index (χ1v) is 8.40. The Kier molecular flexibility index (Phi) is 4.95. The third-order valence-corrected chi connectivity index (χ3v) is 4.50. The van der Waals surface area contributed by atoms with E-state index in [1.165, 1.54) is 7.05 Å². The van der Waals surface area contributed by atoms with Crippen LogP contribution in [0, 0.1) is 0 Å². The zero-order valence-electron chi connectivity index (χ0n) is 11.0. The second-order valence-electron chi connectivity index (χ2n) is 4.05. The zero-order chi connectivity index (χ0) is 15.5. The van der Waals surface area contributed by atoms with Crippen LogP contribution in [0.5, 0.6) is 0 Å². The monoisotopic (exact) mass is 320 g/mol. The molecule has 112 valence electrons. The van der Waals surface area contributed by atoms with Crippen molar-refractivity contribution in [3.63, 3.8) is 0 Å². The maximum Gasteiger partial charge on any atom is 0.260 e. The van der Waals surface area contributed by atoms with E-state index < -0.39 is 21.7 Å². The lowest BCUT2D eigenvalue weighted by atomic mass is 10.2. The number of primary amides is 1. The van der Waals surface area contributed by atoms with Crippen LogP contribution in [-0.2, 0) is 9.84 Å². The lowest BCUT2D eigenvalue weighted by molar-refractivity contribution is 0.0965. The molecule has 0 aliphatic rings. The van der Waals surface area contributed by atoms with Crippen molar-refractivity contribution in [2.75, 3.05) is 36.7 Å². The first kappa shape index (κ1) is 16.2. The second kappa shape index (κ2) is 6.09. The van der Waals surface area contributed by atoms with E-state index in [2.05, 4.69) is 10.6 Å². The van der Waals surface area contributed by atoms with Gasteiger partial charge in [0.15, 0.2) is 0 Å². The van der Waals surface area contributed by atoms with Gasteiger partial charge in [0.2, 0.25) is 0 Å². The number of hydrogen-bond donors (Lipinski definition) is 4. The minimum atomic E-state index is -3.13. The Labute approximate surface area is 120 Å². The molecule has 1 aromatic rings. The third kappa shape index (κ3) is 3.84. The Morgan fingerprint density at radius 3 is 2.40 bits per heavy atom. The summed E-state index contributed by atoms with van der Waals surface area (Å²) in [4.78, 5) is 23.0. The van der Waals surface area contributed by atoms with Crippen LogP contribution in [0.25, 0.3) is 0 Å². The lowest BCUT2D eigenvalue weighted by Gasteiger charge is -2.06. The normalized spacial score (nSPS) is 11.1. The molecule has 2 amide bonds. The molecular formula is C10H16N4O4S2. The largest absolute Gasteiger partial charge is 0.397 e. The topological polar surface area (TPSA) is 144 Å². The van der Waals surface area contributed by atoms with Crippen molar-refractivity contribution in [2.24, 2.45) is 5.73 Å². The SMILES string of the molecule is CNC(=O)c1c(NCCS(C)(=O)=O)sc(C(N)=O)c1N. The van der Waals surface area contributed by atoms with Gasteiger partial charge in [-0.15, -0.1) is 11.3 Å². The van der Waals surface area contributed by atoms with E-state index in [0.29, 0.717) is 5.00 Å². The van der Waals surface area contributed by atoms with E-state index in [1.54, 1.807) is 0 Å². The molecule has 1 heterocycles. The summed E-state index contributed by atoms with van der Waals surface area (Å²) >= 11 is 0.922. The molecule has 0 spiro atoms. The van der Waals surface area contributed by atoms with Gasteiger partial charge >= 0.3 is 0 Å². The number of thiophene rings is 1. The molecule has 0 saturated heterocycles. The Balaban J connectivity index is 3.08. The van der Waals surface area contributed by atoms with Crippen LogP contribution in [0.4, 0.5) is 10.7 Å². The molecule has 20 heavy (non-hydrogen) atoms. The molecule has 10 heteroatoms. The van der Waals surface area contributed by atoms with Crippen LogP contribution in [0.3, 0.4) is 0 Å². The van der Waals surface area contributed by atoms with Crippen LogP contribution in [-0.4, -0.2) is 45.8 Å². The third-order valence-electron chi connectivity index (χ3n) is 2.38. The van der Waals surface area contributed by atoms with E-state index in [-0.39, 0.29) is 28.4 Å². The predicted molar refractivity (Wildman–Crippen MR) is 78.8 cm³/mol. The summed E-state index contributed by atoms with van der Waals surface area (Å²) in [5.41, 5.74) is 11.0. The van der Waals surface area contributed by atoms with Gasteiger partial charge in [0, 0.05) is 19.8 Å². The highest BCUT2D eigenvalue weighted by Gasteiger charge is 2.23. The minimum Gasteiger partial charge on any atom is -0.397 e. The number of nitrogen functional groups attached to an aromatic ring is 1. The number of hydrogen-bond acceptors (Lipinski definition) is 7. The summed E-state index contributed by atoms with van der Waals surface area (Å²) in [5, 5.41) is 5.51. The van der Waals surface area contributed by atoms with Gasteiger partial charge in [-0.2, -0.15) is 0 Å². The lowest BCUT2D eigenvalue weighted by Crippen LogP contribution is -2.21. The van der Waals surface area contributed by atoms with E-state index in [1.807, 2.05) is 0 Å². The first-order valence-electron chi connectivity index (χ1n) is 5.53. The van der Waals surface area contributed by atoms with E-state index in [0.717, 1.165) is 17.6 Å². The average molecular weight is 320 g/mol. The van der Waals surface area contributed by atoms with Gasteiger partial charge < -0.3 is 22.1 Å². The number of amides is 2. The quantitative estimate of drug-likeness (QED) is 0.542. The zero-order valence-corrected chi connectivity index (χ0v) is 12.7. The van der Waals surface area contributed by atoms with E-state index >= 15 is 0 Å². The number of nitrogens with two attached hydrogens (primary N) is 2. The van der Waals surface area contributed by atoms with Crippen LogP contribution in [0.15, 0.2) is 0 Å². The van der Waals surface area contributed by atoms with Gasteiger partial charge in [0.05, 0.1) is 17.0 Å². The highest BCUT2D eigenvalue weighted by Crippen LogP contribution is 2.35. The molecular weight excluding hydrogens is 304 g/mol. The molecule has 0 aromatic carbocycles. The molecule has 0 fully saturated rings. The highest BCUT2D eigenvalue weighted by atomic mass is 32.2. The maximum atomic E-state index is 11.8. The molecule has 0 aliphatic heterocycles. The van der Waals surface area contributed by atoms with Crippen molar-refractivity contribution >= 4 is 43.7 Å². The van der Waals surface area contributed by atoms with Crippen LogP contribution in [0.2, 0.25) is 0 Å². The fraction of sp³-hybridized carbons (Fsp3) is 0.400. The molecule has 0 unspecified atom stereocenters. The summed E-state index contributed by atoms with van der Waals surface area (Å²) < 4.78 is 22.1. The first-order chi connectivity index (χ1) is 9.17. The van der Waals surface area contributed by atoms with Crippen molar-refractivity contribution in [1.29, 1.82) is 0 Å². The molecule has 0 atom stereocenters. The van der Waals surface area contributed by atoms with Crippen molar-refractivity contribution in [1.82, 2.24) is 5.32 Å². The van der Waals surface area contributed by atoms with Crippen molar-refractivity contribution in [3.05, 3.63) is 10.4 Å². The molecule has 0 bridgehead atoms. The van der Waals surface area contributed by atoms with Crippen LogP contribution >= 0.6 is 11.3 Å². The van der Waals surface area contributed by atoms with Crippen molar-refractivity contribution in [3.8, 4) is 0 Å². The van der Waals surface area contributed by atoms with Gasteiger partial charge in [0.1, 0.15) is 19.7 Å². The molecule has 0 saturated carbocycles. The summed E-state index contributed by atoms with van der Waals surface area (Å²) in [6.07, 6.45) is 1.10. The smallest absolute Gasteiger partial charge is 0.260 e. The molecule has 6 N–H and O–H groups in total. The predicted octanol–water partition coefficient (Wildman–Crippen LogP) is -0.755. The minimum absolute atomic E-state index is 0.0105. The summed E-state index contributed by atoms with van der Waals surface area (Å²) in [6.45, 7) is 0.0982. The Morgan fingerprint density at radius 2 is 1.95 bits per heavy atom. The Bertz CT molecular complexity index is 636. The molecule has 1 rings (SSSR count). The van der Waals surface area contributed by atoms with E-state index in [4.69, 9.17) is 11.5 Å². The van der Waals surface area contributed by atoms with E-state index in [9.17, 15) is 18.0 Å². The molecule has 0 aliphatic carbocycles. The summed E-state index contributed by atoms with van der Waals surface area (Å²) in [5.74, 6) is -1.33. The summed E-state index contributed by atoms with van der Waals surface area (Å²) in [6, 6.07) is 0. The second-order valence-corrected chi connectivity index (χ2v) is 7.33. The number of nitrogens with one attached hydrogen (secondary N) is 2. The Morgan fingerprint density at radius 1 is 1.35 bits per heavy atom. The number of carbonyl (C=O) groups is 2. The number of rotatable bonds is 6. The number of anilines is 2. The number of carbonyl (C=O) groups excluding carboxylic acids is 2. The van der Waals surface area contributed by atoms with Gasteiger partial charge in [-0.05, 0) is 0 Å². The van der Waals surface area contributed by atoms with Gasteiger partial charge in [-0.25, -0.2) is 8.42 Å². The van der Waals surface area contributed by atoms with Gasteiger partial charge in [-0.1, -0.05) is 0 Å². The standard InChI is InChI=1S/C10H16N4O4S2/c1-13-9(16)5-6(11)7(8(12)15)19-10(5)14-3-4-20(2,17)18/h14H,3-4,11H2,1-2H3,(H2,12,15)(H,13,16). The van der Waals surface area contributed by atoms with Gasteiger partial charge in [0.25, 0.3) is 11.8 Å². The van der Waals surface area contributed by atoms with Crippen LogP contribution in [0.1, 0.15) is 20.0 Å². The number of sulfone groups is 1.